The lowest BCUT2D eigenvalue weighted by Gasteiger charge is -2.04. The first-order chi connectivity index (χ1) is 4.74. The average Bonchev–Trinajstić information content (AvgIpc) is 2.68. The lowest BCUT2D eigenvalue weighted by molar-refractivity contribution is 0.671. The Kier molecular flexibility index (Phi) is 2.49. The zero-order valence-electron chi connectivity index (χ0n) is 6.30. The van der Waals surface area contributed by atoms with Crippen LogP contribution in [0.1, 0.15) is 6.92 Å². The molecule has 3 heteroatoms. The van der Waals surface area contributed by atoms with Crippen LogP contribution in [-0.2, 0) is 10.8 Å². The second kappa shape index (κ2) is 3.19. The molecule has 0 spiro atoms. The molecular formula is C7H13NOS. The van der Waals surface area contributed by atoms with E-state index in [0.717, 1.165) is 24.5 Å². The lowest BCUT2D eigenvalue weighted by atomic mass is 10.6. The lowest BCUT2D eigenvalue weighted by Crippen LogP contribution is -2.07. The molecule has 1 atom stereocenters. The summed E-state index contributed by atoms with van der Waals surface area (Å²) in [6, 6.07) is 0. The van der Waals surface area contributed by atoms with Crippen molar-refractivity contribution in [1.82, 2.24) is 4.90 Å². The maximum absolute atomic E-state index is 11.0. The van der Waals surface area contributed by atoms with Gasteiger partial charge in [0.05, 0.1) is 5.75 Å². The minimum atomic E-state index is -0.679. The molecule has 0 saturated carbocycles. The minimum Gasteiger partial charge on any atom is -0.371 e. The predicted molar refractivity (Wildman–Crippen MR) is 44.3 cm³/mol. The van der Waals surface area contributed by atoms with Gasteiger partial charge in [-0.2, -0.15) is 0 Å². The summed E-state index contributed by atoms with van der Waals surface area (Å²) in [5, 5.41) is 0. The first kappa shape index (κ1) is 7.79. The Hall–Kier alpha value is -0.310. The Morgan fingerprint density at radius 3 is 2.70 bits per heavy atom. The van der Waals surface area contributed by atoms with Crippen molar-refractivity contribution in [1.29, 1.82) is 0 Å². The molecule has 10 heavy (non-hydrogen) atoms. The normalized spacial score (nSPS) is 18.7. The van der Waals surface area contributed by atoms with Crippen molar-refractivity contribution in [3.63, 3.8) is 0 Å². The van der Waals surface area contributed by atoms with Gasteiger partial charge in [-0.15, -0.1) is 0 Å². The van der Waals surface area contributed by atoms with Crippen molar-refractivity contribution in [2.45, 2.75) is 6.92 Å². The van der Waals surface area contributed by atoms with Gasteiger partial charge in [-0.25, -0.2) is 0 Å². The molecule has 1 saturated heterocycles. The van der Waals surface area contributed by atoms with E-state index in [0.29, 0.717) is 5.75 Å². The summed E-state index contributed by atoms with van der Waals surface area (Å²) in [5.41, 5.74) is 1.04. The highest BCUT2D eigenvalue weighted by Crippen LogP contribution is 2.12. The highest BCUT2D eigenvalue weighted by atomic mass is 32.2. The third-order valence-corrected chi connectivity index (χ3v) is 2.84. The zero-order valence-corrected chi connectivity index (χ0v) is 7.12. The van der Waals surface area contributed by atoms with Crippen LogP contribution in [0.2, 0.25) is 0 Å². The molecule has 0 aliphatic carbocycles. The first-order valence-corrected chi connectivity index (χ1v) is 5.00. The third-order valence-electron chi connectivity index (χ3n) is 1.54. The quantitative estimate of drug-likeness (QED) is 0.559. The van der Waals surface area contributed by atoms with Gasteiger partial charge in [-0.3, -0.25) is 4.21 Å². The summed E-state index contributed by atoms with van der Waals surface area (Å²) in [7, 11) is -0.679. The molecule has 1 aliphatic heterocycles. The van der Waals surface area contributed by atoms with Gasteiger partial charge in [0.15, 0.2) is 0 Å². The van der Waals surface area contributed by atoms with E-state index >= 15 is 0 Å². The summed E-state index contributed by atoms with van der Waals surface area (Å²) in [6.45, 7) is 8.00. The van der Waals surface area contributed by atoms with Gasteiger partial charge in [0.1, 0.15) is 0 Å². The van der Waals surface area contributed by atoms with Gasteiger partial charge in [0.25, 0.3) is 0 Å². The van der Waals surface area contributed by atoms with E-state index in [1.54, 1.807) is 0 Å². The molecule has 1 unspecified atom stereocenters. The summed E-state index contributed by atoms with van der Waals surface area (Å²) in [5.74, 6) is 1.41. The van der Waals surface area contributed by atoms with Crippen LogP contribution in [-0.4, -0.2) is 33.7 Å². The molecule has 2 nitrogen and oxygen atoms in total. The molecule has 1 fully saturated rings. The fourth-order valence-electron chi connectivity index (χ4n) is 0.745. The second-order valence-electron chi connectivity index (χ2n) is 2.43. The summed E-state index contributed by atoms with van der Waals surface area (Å²) in [6.07, 6.45) is 0. The SMILES string of the molecule is C=C(CS(=O)CC)N1CC1. The van der Waals surface area contributed by atoms with Gasteiger partial charge in [0, 0.05) is 35.3 Å². The van der Waals surface area contributed by atoms with E-state index in [-0.39, 0.29) is 0 Å². The van der Waals surface area contributed by atoms with Crippen molar-refractivity contribution in [2.75, 3.05) is 24.6 Å². The average molecular weight is 159 g/mol. The largest absolute Gasteiger partial charge is 0.371 e. The number of rotatable bonds is 4. The Balaban J connectivity index is 2.23. The Morgan fingerprint density at radius 2 is 2.30 bits per heavy atom. The van der Waals surface area contributed by atoms with E-state index in [2.05, 4.69) is 11.5 Å². The van der Waals surface area contributed by atoms with Crippen LogP contribution in [0.4, 0.5) is 0 Å². The van der Waals surface area contributed by atoms with E-state index in [9.17, 15) is 4.21 Å². The molecule has 0 aromatic rings. The fourth-order valence-corrected chi connectivity index (χ4v) is 1.50. The van der Waals surface area contributed by atoms with Crippen LogP contribution in [0, 0.1) is 0 Å². The van der Waals surface area contributed by atoms with E-state index in [4.69, 9.17) is 0 Å². The highest BCUT2D eigenvalue weighted by molar-refractivity contribution is 7.85. The van der Waals surface area contributed by atoms with Crippen LogP contribution in [0.5, 0.6) is 0 Å². The summed E-state index contributed by atoms with van der Waals surface area (Å²) >= 11 is 0. The molecule has 0 radical (unpaired) electrons. The molecule has 1 heterocycles. The van der Waals surface area contributed by atoms with Gasteiger partial charge in [-0.05, 0) is 0 Å². The highest BCUT2D eigenvalue weighted by Gasteiger charge is 2.19. The Morgan fingerprint density at radius 1 is 1.70 bits per heavy atom. The van der Waals surface area contributed by atoms with Gasteiger partial charge < -0.3 is 4.90 Å². The van der Waals surface area contributed by atoms with Crippen LogP contribution in [0.3, 0.4) is 0 Å². The molecule has 1 aliphatic rings. The van der Waals surface area contributed by atoms with Crippen molar-refractivity contribution in [3.8, 4) is 0 Å². The molecule has 0 N–H and O–H groups in total. The van der Waals surface area contributed by atoms with Gasteiger partial charge >= 0.3 is 0 Å². The number of hydrogen-bond donors (Lipinski definition) is 0. The van der Waals surface area contributed by atoms with Gasteiger partial charge in [-0.1, -0.05) is 13.5 Å². The van der Waals surface area contributed by atoms with Crippen molar-refractivity contribution < 1.29 is 4.21 Å². The second-order valence-corrected chi connectivity index (χ2v) is 4.17. The van der Waals surface area contributed by atoms with E-state index in [1.807, 2.05) is 6.92 Å². The van der Waals surface area contributed by atoms with Crippen LogP contribution in [0.15, 0.2) is 12.3 Å². The molecule has 0 aromatic heterocycles. The van der Waals surface area contributed by atoms with Crippen molar-refractivity contribution >= 4 is 10.8 Å². The molecular weight excluding hydrogens is 146 g/mol. The van der Waals surface area contributed by atoms with Crippen LogP contribution >= 0.6 is 0 Å². The number of hydrogen-bond acceptors (Lipinski definition) is 2. The molecule has 0 bridgehead atoms. The molecule has 58 valence electrons. The van der Waals surface area contributed by atoms with Crippen molar-refractivity contribution in [3.05, 3.63) is 12.3 Å². The van der Waals surface area contributed by atoms with Crippen LogP contribution in [0.25, 0.3) is 0 Å². The maximum atomic E-state index is 11.0. The monoisotopic (exact) mass is 159 g/mol. The van der Waals surface area contributed by atoms with Crippen molar-refractivity contribution in [2.24, 2.45) is 0 Å². The third kappa shape index (κ3) is 2.14. The minimum absolute atomic E-state index is 0.663. The smallest absolute Gasteiger partial charge is 0.0629 e. The zero-order chi connectivity index (χ0) is 7.56. The Bertz CT molecular complexity index is 163. The topological polar surface area (TPSA) is 20.1 Å². The summed E-state index contributed by atoms with van der Waals surface area (Å²) in [4.78, 5) is 2.15. The molecule has 1 rings (SSSR count). The summed E-state index contributed by atoms with van der Waals surface area (Å²) < 4.78 is 11.0. The standard InChI is InChI=1S/C7H13NOS/c1-3-10(9)6-7(2)8-4-5-8/h2-6H2,1H3. The van der Waals surface area contributed by atoms with Gasteiger partial charge in [0.2, 0.25) is 0 Å². The first-order valence-electron chi connectivity index (χ1n) is 3.51. The maximum Gasteiger partial charge on any atom is 0.0629 e. The van der Waals surface area contributed by atoms with E-state index < -0.39 is 10.8 Å². The Labute approximate surface area is 64.4 Å². The molecule has 0 amide bonds. The van der Waals surface area contributed by atoms with Crippen LogP contribution < -0.4 is 0 Å². The predicted octanol–water partition coefficient (Wildman–Crippen LogP) is 0.584. The fraction of sp³-hybridized carbons (Fsp3) is 0.714. The molecule has 0 aromatic carbocycles. The van der Waals surface area contributed by atoms with E-state index in [1.165, 1.54) is 0 Å². The number of nitrogens with zero attached hydrogens (tertiary/aromatic N) is 1.